The number of halogens is 1. The molecule has 140 valence electrons. The first-order valence-electron chi connectivity index (χ1n) is 8.95. The number of benzene rings is 1. The van der Waals surface area contributed by atoms with Crippen LogP contribution < -0.4 is 0 Å². The molecule has 2 saturated heterocycles. The van der Waals surface area contributed by atoms with Gasteiger partial charge in [0.05, 0.1) is 18.2 Å². The number of ether oxygens (including phenoxy) is 1. The molecule has 2 atom stereocenters. The first-order chi connectivity index (χ1) is 13.0. The van der Waals surface area contributed by atoms with Gasteiger partial charge in [-0.25, -0.2) is 4.79 Å². The molecule has 0 bridgehead atoms. The Hall–Kier alpha value is -2.60. The average molecular weight is 386 g/mol. The summed E-state index contributed by atoms with van der Waals surface area (Å²) in [5.41, 5.74) is 2.48. The summed E-state index contributed by atoms with van der Waals surface area (Å²) in [6, 6.07) is 11.1. The number of hydrogen-bond acceptors (Lipinski definition) is 4. The highest BCUT2D eigenvalue weighted by atomic mass is 35.5. The molecule has 0 saturated carbocycles. The van der Waals surface area contributed by atoms with Crippen LogP contribution in [0.3, 0.4) is 0 Å². The van der Waals surface area contributed by atoms with E-state index in [1.807, 2.05) is 37.3 Å². The topological polar surface area (TPSA) is 62.7 Å². The van der Waals surface area contributed by atoms with E-state index in [4.69, 9.17) is 16.3 Å². The van der Waals surface area contributed by atoms with E-state index in [1.165, 1.54) is 0 Å². The maximum atomic E-state index is 12.7. The van der Waals surface area contributed by atoms with E-state index < -0.39 is 0 Å². The van der Waals surface area contributed by atoms with Gasteiger partial charge in [0, 0.05) is 30.0 Å². The van der Waals surface area contributed by atoms with Crippen molar-refractivity contribution in [3.8, 4) is 0 Å². The Morgan fingerprint density at radius 2 is 2.15 bits per heavy atom. The fourth-order valence-corrected chi connectivity index (χ4v) is 3.86. The van der Waals surface area contributed by atoms with Gasteiger partial charge in [0.25, 0.3) is 5.91 Å². The highest BCUT2D eigenvalue weighted by Gasteiger charge is 2.48. The number of carbonyl (C=O) groups excluding carboxylic acids is 2. The highest BCUT2D eigenvalue weighted by molar-refractivity contribution is 6.30. The molecule has 2 aromatic rings. The van der Waals surface area contributed by atoms with Gasteiger partial charge in [0.1, 0.15) is 6.10 Å². The predicted molar refractivity (Wildman–Crippen MR) is 101 cm³/mol. The number of nitrogens with zero attached hydrogens (tertiary/aromatic N) is 3. The largest absolute Gasteiger partial charge is 0.442 e. The number of amides is 2. The van der Waals surface area contributed by atoms with Crippen LogP contribution in [0.25, 0.3) is 0 Å². The van der Waals surface area contributed by atoms with Crippen LogP contribution in [-0.2, 0) is 11.2 Å². The number of pyridine rings is 1. The monoisotopic (exact) mass is 385 g/mol. The number of aryl methyl sites for hydroxylation is 1. The lowest BCUT2D eigenvalue weighted by Gasteiger charge is -2.22. The van der Waals surface area contributed by atoms with Gasteiger partial charge in [-0.1, -0.05) is 23.7 Å². The minimum Gasteiger partial charge on any atom is -0.442 e. The van der Waals surface area contributed by atoms with Crippen LogP contribution in [-0.4, -0.2) is 58.6 Å². The maximum Gasteiger partial charge on any atom is 0.410 e. The van der Waals surface area contributed by atoms with Gasteiger partial charge in [0.2, 0.25) is 0 Å². The first kappa shape index (κ1) is 17.8. The molecule has 7 heteroatoms. The standard InChI is InChI=1S/C20H20ClN3O3/c1-13-5-6-15(10-22-13)19(25)23-11-17-18(12-23)27-20(26)24(17)8-7-14-3-2-4-16(21)9-14/h2-6,9-10,17-18H,7-8,11-12H2,1H3. The molecule has 0 N–H and O–H groups in total. The summed E-state index contributed by atoms with van der Waals surface area (Å²) in [5, 5.41) is 0.679. The molecular weight excluding hydrogens is 366 g/mol. The van der Waals surface area contributed by atoms with E-state index >= 15 is 0 Å². The summed E-state index contributed by atoms with van der Waals surface area (Å²) >= 11 is 6.03. The normalized spacial score (nSPS) is 21.3. The van der Waals surface area contributed by atoms with Gasteiger partial charge < -0.3 is 9.64 Å². The molecule has 3 heterocycles. The molecule has 0 radical (unpaired) electrons. The van der Waals surface area contributed by atoms with E-state index in [-0.39, 0.29) is 24.1 Å². The third-order valence-electron chi connectivity index (χ3n) is 5.10. The number of likely N-dealkylation sites (tertiary alicyclic amines) is 1. The molecule has 2 aliphatic rings. The summed E-state index contributed by atoms with van der Waals surface area (Å²) in [7, 11) is 0. The summed E-state index contributed by atoms with van der Waals surface area (Å²) in [6.07, 6.45) is 1.69. The second-order valence-corrected chi connectivity index (χ2v) is 7.40. The molecule has 6 nitrogen and oxygen atoms in total. The molecule has 0 aliphatic carbocycles. The van der Waals surface area contributed by atoms with Crippen molar-refractivity contribution in [1.29, 1.82) is 0 Å². The minimum absolute atomic E-state index is 0.0808. The SMILES string of the molecule is Cc1ccc(C(=O)N2CC3OC(=O)N(CCc4cccc(Cl)c4)C3C2)cn1. The van der Waals surface area contributed by atoms with Crippen molar-refractivity contribution in [1.82, 2.24) is 14.8 Å². The van der Waals surface area contributed by atoms with Crippen molar-refractivity contribution in [3.63, 3.8) is 0 Å². The Morgan fingerprint density at radius 3 is 2.89 bits per heavy atom. The van der Waals surface area contributed by atoms with E-state index in [0.717, 1.165) is 11.3 Å². The first-order valence-corrected chi connectivity index (χ1v) is 9.33. The van der Waals surface area contributed by atoms with Crippen molar-refractivity contribution in [2.75, 3.05) is 19.6 Å². The molecule has 27 heavy (non-hydrogen) atoms. The minimum atomic E-state index is -0.309. The van der Waals surface area contributed by atoms with Gasteiger partial charge >= 0.3 is 6.09 Å². The molecule has 2 amide bonds. The number of hydrogen-bond donors (Lipinski definition) is 0. The zero-order valence-electron chi connectivity index (χ0n) is 15.0. The van der Waals surface area contributed by atoms with Crippen molar-refractivity contribution in [2.45, 2.75) is 25.5 Å². The number of rotatable bonds is 4. The Morgan fingerprint density at radius 1 is 1.30 bits per heavy atom. The van der Waals surface area contributed by atoms with Gasteiger partial charge in [-0.2, -0.15) is 0 Å². The molecule has 2 aliphatic heterocycles. The molecular formula is C20H20ClN3O3. The number of aromatic nitrogens is 1. The lowest BCUT2D eigenvalue weighted by Crippen LogP contribution is -2.40. The van der Waals surface area contributed by atoms with E-state index in [0.29, 0.717) is 36.6 Å². The molecule has 2 fully saturated rings. The highest BCUT2D eigenvalue weighted by Crippen LogP contribution is 2.28. The number of fused-ring (bicyclic) bond motifs is 1. The summed E-state index contributed by atoms with van der Waals surface area (Å²) < 4.78 is 5.50. The van der Waals surface area contributed by atoms with Crippen LogP contribution in [0.4, 0.5) is 4.79 Å². The second-order valence-electron chi connectivity index (χ2n) is 6.96. The molecule has 2 unspecified atom stereocenters. The molecule has 4 rings (SSSR count). The Balaban J connectivity index is 1.42. The Bertz CT molecular complexity index is 871. The van der Waals surface area contributed by atoms with E-state index in [2.05, 4.69) is 4.98 Å². The van der Waals surface area contributed by atoms with E-state index in [1.54, 1.807) is 22.1 Å². The fourth-order valence-electron chi connectivity index (χ4n) is 3.65. The third-order valence-corrected chi connectivity index (χ3v) is 5.34. The smallest absolute Gasteiger partial charge is 0.410 e. The van der Waals surface area contributed by atoms with Gasteiger partial charge in [-0.05, 0) is 43.2 Å². The summed E-state index contributed by atoms with van der Waals surface area (Å²) in [5.74, 6) is -0.0808. The van der Waals surface area contributed by atoms with Crippen LogP contribution in [0.5, 0.6) is 0 Å². The third kappa shape index (κ3) is 3.62. The maximum absolute atomic E-state index is 12.7. The second kappa shape index (κ2) is 7.19. The van der Waals surface area contributed by atoms with Gasteiger partial charge in [-0.15, -0.1) is 0 Å². The van der Waals surface area contributed by atoms with Gasteiger partial charge in [0.15, 0.2) is 0 Å². The molecule has 1 aromatic carbocycles. The van der Waals surface area contributed by atoms with Gasteiger partial charge in [-0.3, -0.25) is 14.7 Å². The van der Waals surface area contributed by atoms with Crippen molar-refractivity contribution in [2.24, 2.45) is 0 Å². The lowest BCUT2D eigenvalue weighted by atomic mass is 10.1. The van der Waals surface area contributed by atoms with Crippen LogP contribution in [0.15, 0.2) is 42.6 Å². The summed E-state index contributed by atoms with van der Waals surface area (Å²) in [6.45, 7) is 3.30. The summed E-state index contributed by atoms with van der Waals surface area (Å²) in [4.78, 5) is 32.6. The van der Waals surface area contributed by atoms with Crippen molar-refractivity contribution < 1.29 is 14.3 Å². The quantitative estimate of drug-likeness (QED) is 0.811. The predicted octanol–water partition coefficient (Wildman–Crippen LogP) is 2.93. The lowest BCUT2D eigenvalue weighted by molar-refractivity contribution is 0.0728. The van der Waals surface area contributed by atoms with Crippen LogP contribution >= 0.6 is 11.6 Å². The van der Waals surface area contributed by atoms with Crippen molar-refractivity contribution in [3.05, 3.63) is 64.4 Å². The Labute approximate surface area is 162 Å². The number of carbonyl (C=O) groups is 2. The van der Waals surface area contributed by atoms with Crippen LogP contribution in [0, 0.1) is 6.92 Å². The average Bonchev–Trinajstić information content (AvgIpc) is 3.17. The molecule has 1 aromatic heterocycles. The zero-order chi connectivity index (χ0) is 19.0. The van der Waals surface area contributed by atoms with Crippen LogP contribution in [0.1, 0.15) is 21.6 Å². The van der Waals surface area contributed by atoms with E-state index in [9.17, 15) is 9.59 Å². The molecule has 0 spiro atoms. The van der Waals surface area contributed by atoms with Crippen LogP contribution in [0.2, 0.25) is 5.02 Å². The zero-order valence-corrected chi connectivity index (χ0v) is 15.7. The van der Waals surface area contributed by atoms with Crippen molar-refractivity contribution >= 4 is 23.6 Å². The Kier molecular flexibility index (Phi) is 4.74. The fraction of sp³-hybridized carbons (Fsp3) is 0.350.